The first-order valence-corrected chi connectivity index (χ1v) is 7.96. The summed E-state index contributed by atoms with van der Waals surface area (Å²) >= 11 is 0. The number of hydrogen-bond acceptors (Lipinski definition) is 2. The summed E-state index contributed by atoms with van der Waals surface area (Å²) in [6.07, 6.45) is 6.99. The average Bonchev–Trinajstić information content (AvgIpc) is 2.58. The van der Waals surface area contributed by atoms with Crippen LogP contribution in [0.15, 0.2) is 78.5 Å². The Bertz CT molecular complexity index is 741. The number of carbonyl (C=O) groups is 1. The molecule has 0 saturated heterocycles. The van der Waals surface area contributed by atoms with Crippen LogP contribution >= 0.6 is 0 Å². The summed E-state index contributed by atoms with van der Waals surface area (Å²) in [5.74, 6) is 0.229. The van der Waals surface area contributed by atoms with Crippen molar-refractivity contribution in [3.63, 3.8) is 0 Å². The normalized spacial score (nSPS) is 16.8. The minimum absolute atomic E-state index is 0.00870. The Balaban J connectivity index is 1.99. The highest BCUT2D eigenvalue weighted by Crippen LogP contribution is 2.32. The van der Waals surface area contributed by atoms with Crippen LogP contribution in [0.2, 0.25) is 0 Å². The summed E-state index contributed by atoms with van der Waals surface area (Å²) in [6, 6.07) is 18.8. The van der Waals surface area contributed by atoms with Crippen molar-refractivity contribution in [2.45, 2.75) is 20.3 Å². The zero-order chi connectivity index (χ0) is 16.2. The lowest BCUT2D eigenvalue weighted by Gasteiger charge is -2.28. The molecule has 0 saturated carbocycles. The van der Waals surface area contributed by atoms with Gasteiger partial charge in [-0.15, -0.1) is 0 Å². The summed E-state index contributed by atoms with van der Waals surface area (Å²) in [5.41, 5.74) is 4.59. The van der Waals surface area contributed by atoms with Gasteiger partial charge in [0.2, 0.25) is 0 Å². The van der Waals surface area contributed by atoms with Crippen molar-refractivity contribution >= 4 is 17.2 Å². The number of aryl methyl sites for hydroxylation is 1. The minimum atomic E-state index is 0.00870. The van der Waals surface area contributed by atoms with E-state index in [1.54, 1.807) is 6.92 Å². The van der Waals surface area contributed by atoms with Crippen LogP contribution in [-0.4, -0.2) is 5.78 Å². The van der Waals surface area contributed by atoms with Crippen molar-refractivity contribution in [2.24, 2.45) is 5.92 Å². The van der Waals surface area contributed by atoms with Crippen molar-refractivity contribution in [1.29, 1.82) is 0 Å². The van der Waals surface area contributed by atoms with E-state index in [0.717, 1.165) is 23.5 Å². The number of allylic oxidation sites excluding steroid dienone is 3. The van der Waals surface area contributed by atoms with Gasteiger partial charge in [-0.1, -0.05) is 48.0 Å². The summed E-state index contributed by atoms with van der Waals surface area (Å²) in [5, 5.41) is 0. The molecular formula is C21H21NO. The molecule has 0 amide bonds. The van der Waals surface area contributed by atoms with Gasteiger partial charge >= 0.3 is 0 Å². The van der Waals surface area contributed by atoms with Crippen LogP contribution in [0, 0.1) is 12.8 Å². The maximum absolute atomic E-state index is 11.6. The van der Waals surface area contributed by atoms with E-state index < -0.39 is 0 Å². The first-order chi connectivity index (χ1) is 11.1. The number of nitrogens with zero attached hydrogens (tertiary/aromatic N) is 1. The Morgan fingerprint density at radius 2 is 1.65 bits per heavy atom. The minimum Gasteiger partial charge on any atom is -0.311 e. The van der Waals surface area contributed by atoms with E-state index in [0.29, 0.717) is 0 Å². The van der Waals surface area contributed by atoms with E-state index in [4.69, 9.17) is 0 Å². The van der Waals surface area contributed by atoms with Gasteiger partial charge < -0.3 is 4.90 Å². The van der Waals surface area contributed by atoms with E-state index in [1.807, 2.05) is 24.3 Å². The van der Waals surface area contributed by atoms with Crippen LogP contribution in [0.3, 0.4) is 0 Å². The standard InChI is InChI=1S/C21H21NO/c1-16-8-12-20(13-9-16)22(19-6-4-3-5-7-19)21-14-10-18(11-15-21)17(2)23/h3-10,12-15,18H,11H2,1-2H3. The van der Waals surface area contributed by atoms with Crippen LogP contribution < -0.4 is 4.90 Å². The Kier molecular flexibility index (Phi) is 4.42. The molecule has 116 valence electrons. The van der Waals surface area contributed by atoms with Crippen LogP contribution in [-0.2, 0) is 4.79 Å². The molecule has 23 heavy (non-hydrogen) atoms. The third-order valence-electron chi connectivity index (χ3n) is 4.17. The zero-order valence-corrected chi connectivity index (χ0v) is 13.6. The molecule has 0 heterocycles. The number of benzene rings is 2. The van der Waals surface area contributed by atoms with Crippen LogP contribution in [0.25, 0.3) is 0 Å². The van der Waals surface area contributed by atoms with Crippen LogP contribution in [0.4, 0.5) is 11.4 Å². The van der Waals surface area contributed by atoms with Crippen LogP contribution in [0.5, 0.6) is 0 Å². The Morgan fingerprint density at radius 1 is 1.00 bits per heavy atom. The Hall–Kier alpha value is -2.61. The number of hydrogen-bond donors (Lipinski definition) is 0. The molecule has 0 spiro atoms. The molecule has 1 atom stereocenters. The van der Waals surface area contributed by atoms with Gasteiger partial charge in [0.05, 0.1) is 0 Å². The van der Waals surface area contributed by atoms with E-state index in [1.165, 1.54) is 5.56 Å². The summed E-state index contributed by atoms with van der Waals surface area (Å²) in [7, 11) is 0. The largest absolute Gasteiger partial charge is 0.311 e. The maximum Gasteiger partial charge on any atom is 0.136 e. The first kappa shape index (κ1) is 15.3. The molecule has 0 bridgehead atoms. The number of anilines is 2. The molecule has 0 N–H and O–H groups in total. The highest BCUT2D eigenvalue weighted by Gasteiger charge is 2.18. The third kappa shape index (κ3) is 3.42. The molecule has 2 aromatic rings. The third-order valence-corrected chi connectivity index (χ3v) is 4.17. The lowest BCUT2D eigenvalue weighted by atomic mass is 9.95. The van der Waals surface area contributed by atoms with Gasteiger partial charge in [-0.05, 0) is 50.6 Å². The van der Waals surface area contributed by atoms with Crippen molar-refractivity contribution in [1.82, 2.24) is 0 Å². The van der Waals surface area contributed by atoms with Crippen LogP contribution in [0.1, 0.15) is 18.9 Å². The second-order valence-electron chi connectivity index (χ2n) is 5.95. The second kappa shape index (κ2) is 6.66. The average molecular weight is 303 g/mol. The highest BCUT2D eigenvalue weighted by atomic mass is 16.1. The molecular weight excluding hydrogens is 282 g/mol. The summed E-state index contributed by atoms with van der Waals surface area (Å²) < 4.78 is 0. The maximum atomic E-state index is 11.6. The molecule has 0 aromatic heterocycles. The van der Waals surface area contributed by atoms with Gasteiger partial charge in [0.15, 0.2) is 0 Å². The predicted octanol–water partition coefficient (Wildman–Crippen LogP) is 5.18. The van der Waals surface area contributed by atoms with Crippen molar-refractivity contribution in [3.05, 3.63) is 84.1 Å². The summed E-state index contributed by atoms with van der Waals surface area (Å²) in [6.45, 7) is 3.75. The fraction of sp³-hybridized carbons (Fsp3) is 0.190. The fourth-order valence-corrected chi connectivity index (χ4v) is 2.79. The quantitative estimate of drug-likeness (QED) is 0.775. The molecule has 1 aliphatic carbocycles. The molecule has 2 nitrogen and oxygen atoms in total. The van der Waals surface area contributed by atoms with Crippen molar-refractivity contribution in [2.75, 3.05) is 4.90 Å². The SMILES string of the molecule is CC(=O)C1C=CC(N(c2ccccc2)c2ccc(C)cc2)=CC1. The predicted molar refractivity (Wildman–Crippen MR) is 95.8 cm³/mol. The second-order valence-corrected chi connectivity index (χ2v) is 5.95. The van der Waals surface area contributed by atoms with Gasteiger partial charge in [0.1, 0.15) is 5.78 Å². The summed E-state index contributed by atoms with van der Waals surface area (Å²) in [4.78, 5) is 13.8. The molecule has 2 heteroatoms. The number of Topliss-reactive ketones (excluding diaryl/α,β-unsaturated/α-hetero) is 1. The molecule has 0 radical (unpaired) electrons. The van der Waals surface area contributed by atoms with Gasteiger partial charge in [-0.3, -0.25) is 4.79 Å². The van der Waals surface area contributed by atoms with Gasteiger partial charge in [-0.25, -0.2) is 0 Å². The van der Waals surface area contributed by atoms with E-state index in [2.05, 4.69) is 60.4 Å². The Labute approximate surface area is 137 Å². The molecule has 2 aromatic carbocycles. The number of rotatable bonds is 4. The number of ketones is 1. The van der Waals surface area contributed by atoms with Gasteiger partial charge in [0, 0.05) is 23.0 Å². The van der Waals surface area contributed by atoms with Crippen molar-refractivity contribution < 1.29 is 4.79 Å². The Morgan fingerprint density at radius 3 is 2.22 bits per heavy atom. The fourth-order valence-electron chi connectivity index (χ4n) is 2.79. The molecule has 0 aliphatic heterocycles. The zero-order valence-electron chi connectivity index (χ0n) is 13.6. The smallest absolute Gasteiger partial charge is 0.136 e. The topological polar surface area (TPSA) is 20.3 Å². The van der Waals surface area contributed by atoms with Gasteiger partial charge in [0.25, 0.3) is 0 Å². The van der Waals surface area contributed by atoms with E-state index in [-0.39, 0.29) is 11.7 Å². The van der Waals surface area contributed by atoms with E-state index in [9.17, 15) is 4.79 Å². The molecule has 1 unspecified atom stereocenters. The molecule has 0 fully saturated rings. The molecule has 1 aliphatic rings. The van der Waals surface area contributed by atoms with E-state index >= 15 is 0 Å². The highest BCUT2D eigenvalue weighted by molar-refractivity contribution is 5.81. The lowest BCUT2D eigenvalue weighted by molar-refractivity contribution is -0.119. The molecule has 3 rings (SSSR count). The van der Waals surface area contributed by atoms with Gasteiger partial charge in [-0.2, -0.15) is 0 Å². The number of para-hydroxylation sites is 1. The van der Waals surface area contributed by atoms with Crippen molar-refractivity contribution in [3.8, 4) is 0 Å². The lowest BCUT2D eigenvalue weighted by Crippen LogP contribution is -2.19. The first-order valence-electron chi connectivity index (χ1n) is 7.96. The monoisotopic (exact) mass is 303 g/mol. The number of carbonyl (C=O) groups excluding carboxylic acids is 1.